The number of rotatable bonds is 5. The molecule has 1 atom stereocenters. The highest BCUT2D eigenvalue weighted by Crippen LogP contribution is 2.04. The molecule has 1 unspecified atom stereocenters. The topological polar surface area (TPSA) is 26.3 Å². The highest BCUT2D eigenvalue weighted by atomic mass is 16.5. The van der Waals surface area contributed by atoms with Gasteiger partial charge in [-0.25, -0.2) is 0 Å². The number of carbonyl (C=O) groups excluding carboxylic acids is 1. The SMILES string of the molecule is C=CCC(C)C(=O)OCCC. The Morgan fingerprint density at radius 1 is 1.73 bits per heavy atom. The number of hydrogen-bond acceptors (Lipinski definition) is 2. The van der Waals surface area contributed by atoms with Crippen molar-refractivity contribution in [1.82, 2.24) is 0 Å². The third-order valence-corrected chi connectivity index (χ3v) is 1.37. The lowest BCUT2D eigenvalue weighted by Crippen LogP contribution is -2.14. The van der Waals surface area contributed by atoms with Gasteiger partial charge in [-0.1, -0.05) is 19.9 Å². The Labute approximate surface area is 68.2 Å². The van der Waals surface area contributed by atoms with Gasteiger partial charge in [0.25, 0.3) is 0 Å². The molecule has 0 N–H and O–H groups in total. The van der Waals surface area contributed by atoms with E-state index >= 15 is 0 Å². The van der Waals surface area contributed by atoms with Crippen molar-refractivity contribution in [3.8, 4) is 0 Å². The van der Waals surface area contributed by atoms with Crippen LogP contribution in [0, 0.1) is 5.92 Å². The highest BCUT2D eigenvalue weighted by molar-refractivity contribution is 5.72. The summed E-state index contributed by atoms with van der Waals surface area (Å²) in [7, 11) is 0. The zero-order valence-corrected chi connectivity index (χ0v) is 7.30. The Balaban J connectivity index is 3.54. The van der Waals surface area contributed by atoms with Gasteiger partial charge in [0.2, 0.25) is 0 Å². The van der Waals surface area contributed by atoms with Crippen LogP contribution in [0.3, 0.4) is 0 Å². The monoisotopic (exact) mass is 156 g/mol. The molecule has 0 aliphatic heterocycles. The fourth-order valence-corrected chi connectivity index (χ4v) is 0.691. The Morgan fingerprint density at radius 2 is 2.36 bits per heavy atom. The van der Waals surface area contributed by atoms with Gasteiger partial charge in [0, 0.05) is 0 Å². The maximum Gasteiger partial charge on any atom is 0.308 e. The fraction of sp³-hybridized carbons (Fsp3) is 0.667. The summed E-state index contributed by atoms with van der Waals surface area (Å²) in [4.78, 5) is 11.0. The molecule has 0 aromatic heterocycles. The van der Waals surface area contributed by atoms with E-state index in [0.29, 0.717) is 13.0 Å². The summed E-state index contributed by atoms with van der Waals surface area (Å²) >= 11 is 0. The quantitative estimate of drug-likeness (QED) is 0.450. The molecule has 2 nitrogen and oxygen atoms in total. The summed E-state index contributed by atoms with van der Waals surface area (Å²) in [5, 5.41) is 0. The third kappa shape index (κ3) is 4.59. The standard InChI is InChI=1S/C9H16O2/c1-4-6-8(3)9(10)11-7-5-2/h4,8H,1,5-7H2,2-3H3. The van der Waals surface area contributed by atoms with Gasteiger partial charge in [-0.2, -0.15) is 0 Å². The molecule has 0 saturated carbocycles. The van der Waals surface area contributed by atoms with E-state index in [1.165, 1.54) is 0 Å². The molecule has 0 heterocycles. The minimum absolute atomic E-state index is 0.0425. The first-order valence-corrected chi connectivity index (χ1v) is 3.99. The van der Waals surface area contributed by atoms with Crippen LogP contribution >= 0.6 is 0 Å². The van der Waals surface area contributed by atoms with Crippen molar-refractivity contribution in [2.45, 2.75) is 26.7 Å². The molecule has 0 amide bonds. The van der Waals surface area contributed by atoms with Gasteiger partial charge in [-0.05, 0) is 12.8 Å². The minimum atomic E-state index is -0.119. The number of esters is 1. The number of hydrogen-bond donors (Lipinski definition) is 0. The van der Waals surface area contributed by atoms with Crippen LogP contribution < -0.4 is 0 Å². The molecule has 0 spiro atoms. The van der Waals surface area contributed by atoms with Crippen molar-refractivity contribution >= 4 is 5.97 Å². The van der Waals surface area contributed by atoms with Gasteiger partial charge in [-0.15, -0.1) is 6.58 Å². The molecule has 0 aliphatic carbocycles. The summed E-state index contributed by atoms with van der Waals surface area (Å²) in [6, 6.07) is 0. The van der Waals surface area contributed by atoms with Gasteiger partial charge in [0.15, 0.2) is 0 Å². The maximum absolute atomic E-state index is 11.0. The summed E-state index contributed by atoms with van der Waals surface area (Å²) in [5.74, 6) is -0.161. The van der Waals surface area contributed by atoms with Crippen LogP contribution in [-0.2, 0) is 9.53 Å². The van der Waals surface area contributed by atoms with E-state index in [1.54, 1.807) is 6.08 Å². The first-order valence-electron chi connectivity index (χ1n) is 3.99. The van der Waals surface area contributed by atoms with Crippen LogP contribution in [0.4, 0.5) is 0 Å². The minimum Gasteiger partial charge on any atom is -0.465 e. The van der Waals surface area contributed by atoms with Crippen LogP contribution in [0.25, 0.3) is 0 Å². The van der Waals surface area contributed by atoms with Gasteiger partial charge >= 0.3 is 5.97 Å². The highest BCUT2D eigenvalue weighted by Gasteiger charge is 2.11. The van der Waals surface area contributed by atoms with E-state index in [4.69, 9.17) is 4.74 Å². The molecule has 11 heavy (non-hydrogen) atoms. The van der Waals surface area contributed by atoms with E-state index in [9.17, 15) is 4.79 Å². The molecule has 0 aliphatic rings. The first kappa shape index (κ1) is 10.2. The molecule has 0 radical (unpaired) electrons. The third-order valence-electron chi connectivity index (χ3n) is 1.37. The molecule has 0 bridgehead atoms. The Kier molecular flexibility index (Phi) is 5.53. The van der Waals surface area contributed by atoms with Crippen molar-refractivity contribution in [3.05, 3.63) is 12.7 Å². The number of allylic oxidation sites excluding steroid dienone is 1. The van der Waals surface area contributed by atoms with Crippen LogP contribution in [-0.4, -0.2) is 12.6 Å². The van der Waals surface area contributed by atoms with Crippen molar-refractivity contribution in [1.29, 1.82) is 0 Å². The largest absolute Gasteiger partial charge is 0.465 e. The lowest BCUT2D eigenvalue weighted by molar-refractivity contribution is -0.147. The smallest absolute Gasteiger partial charge is 0.308 e. The zero-order valence-electron chi connectivity index (χ0n) is 7.30. The van der Waals surface area contributed by atoms with Crippen molar-refractivity contribution < 1.29 is 9.53 Å². The average Bonchev–Trinajstić information content (AvgIpc) is 2.00. The molecule has 0 fully saturated rings. The second-order valence-corrected chi connectivity index (χ2v) is 2.59. The normalized spacial score (nSPS) is 12.2. The van der Waals surface area contributed by atoms with E-state index in [1.807, 2.05) is 13.8 Å². The van der Waals surface area contributed by atoms with Crippen molar-refractivity contribution in [2.75, 3.05) is 6.61 Å². The molecule has 64 valence electrons. The average molecular weight is 156 g/mol. The van der Waals surface area contributed by atoms with Gasteiger partial charge in [0.05, 0.1) is 12.5 Å². The second kappa shape index (κ2) is 5.96. The van der Waals surface area contributed by atoms with Gasteiger partial charge in [0.1, 0.15) is 0 Å². The molecular formula is C9H16O2. The van der Waals surface area contributed by atoms with Crippen LogP contribution in [0.1, 0.15) is 26.7 Å². The molecule has 0 saturated heterocycles. The van der Waals surface area contributed by atoms with Crippen LogP contribution in [0.5, 0.6) is 0 Å². The van der Waals surface area contributed by atoms with Gasteiger partial charge in [-0.3, -0.25) is 4.79 Å². The fourth-order valence-electron chi connectivity index (χ4n) is 0.691. The van der Waals surface area contributed by atoms with Crippen molar-refractivity contribution in [3.63, 3.8) is 0 Å². The van der Waals surface area contributed by atoms with E-state index in [0.717, 1.165) is 6.42 Å². The number of carbonyl (C=O) groups is 1. The Morgan fingerprint density at radius 3 is 2.82 bits per heavy atom. The summed E-state index contributed by atoms with van der Waals surface area (Å²) < 4.78 is 4.92. The maximum atomic E-state index is 11.0. The Bertz CT molecular complexity index is 130. The van der Waals surface area contributed by atoms with Crippen LogP contribution in [0.2, 0.25) is 0 Å². The van der Waals surface area contributed by atoms with E-state index in [2.05, 4.69) is 6.58 Å². The predicted octanol–water partition coefficient (Wildman–Crippen LogP) is 2.15. The second-order valence-electron chi connectivity index (χ2n) is 2.59. The molecule has 0 aromatic carbocycles. The summed E-state index contributed by atoms with van der Waals surface area (Å²) in [6.07, 6.45) is 3.31. The zero-order chi connectivity index (χ0) is 8.69. The first-order chi connectivity index (χ1) is 5.22. The summed E-state index contributed by atoms with van der Waals surface area (Å²) in [6.45, 7) is 7.91. The van der Waals surface area contributed by atoms with E-state index in [-0.39, 0.29) is 11.9 Å². The lowest BCUT2D eigenvalue weighted by Gasteiger charge is -2.07. The molecule has 0 rings (SSSR count). The lowest BCUT2D eigenvalue weighted by atomic mass is 10.1. The van der Waals surface area contributed by atoms with Crippen LogP contribution in [0.15, 0.2) is 12.7 Å². The molecule has 0 aromatic rings. The van der Waals surface area contributed by atoms with Gasteiger partial charge < -0.3 is 4.74 Å². The molecular weight excluding hydrogens is 140 g/mol. The summed E-state index contributed by atoms with van der Waals surface area (Å²) in [5.41, 5.74) is 0. The number of ether oxygens (including phenoxy) is 1. The Hall–Kier alpha value is -0.790. The predicted molar refractivity (Wildman–Crippen MR) is 45.2 cm³/mol. The van der Waals surface area contributed by atoms with Crippen molar-refractivity contribution in [2.24, 2.45) is 5.92 Å². The molecule has 2 heteroatoms. The van der Waals surface area contributed by atoms with E-state index < -0.39 is 0 Å².